The molecular formula is C21H14BrN3OS. The maximum atomic E-state index is 12.6. The molecule has 0 spiro atoms. The van der Waals surface area contributed by atoms with Gasteiger partial charge in [-0.15, -0.1) is 0 Å². The smallest absolute Gasteiger partial charge is 0.268 e. The van der Waals surface area contributed by atoms with E-state index in [4.69, 9.17) is 0 Å². The summed E-state index contributed by atoms with van der Waals surface area (Å²) in [5, 5.41) is 0. The molecule has 0 aliphatic rings. The Balaban J connectivity index is 1.90. The molecule has 4 nitrogen and oxygen atoms in total. The predicted octanol–water partition coefficient (Wildman–Crippen LogP) is 5.10. The summed E-state index contributed by atoms with van der Waals surface area (Å²) in [6.45, 7) is 0. The summed E-state index contributed by atoms with van der Waals surface area (Å²) < 4.78 is 7.47. The van der Waals surface area contributed by atoms with Crippen LogP contribution in [0.1, 0.15) is 10.4 Å². The quantitative estimate of drug-likeness (QED) is 0.449. The van der Waals surface area contributed by atoms with Crippen LogP contribution in [0.2, 0.25) is 0 Å². The molecule has 0 saturated carbocycles. The molecule has 0 fully saturated rings. The number of hydrogen-bond donors (Lipinski definition) is 0. The molecular weight excluding hydrogens is 422 g/mol. The number of carbonyl (C=O) groups is 1. The van der Waals surface area contributed by atoms with Gasteiger partial charge < -0.3 is 0 Å². The lowest BCUT2D eigenvalue weighted by Crippen LogP contribution is -2.16. The van der Waals surface area contributed by atoms with Crippen molar-refractivity contribution in [2.75, 3.05) is 0 Å². The fraction of sp³-hybridized carbons (Fsp3) is 0. The SMILES string of the molecule is O=C(N=c1snc(-c2ccccc2)n1-c1ccc(Br)cc1)c1ccccc1. The Kier molecular flexibility index (Phi) is 5.09. The van der Waals surface area contributed by atoms with Crippen LogP contribution in [-0.4, -0.2) is 14.8 Å². The predicted molar refractivity (Wildman–Crippen MR) is 111 cm³/mol. The first kappa shape index (κ1) is 17.6. The number of hydrogen-bond acceptors (Lipinski definition) is 3. The summed E-state index contributed by atoms with van der Waals surface area (Å²) in [6.07, 6.45) is 0. The van der Waals surface area contributed by atoms with Gasteiger partial charge in [0, 0.05) is 27.1 Å². The van der Waals surface area contributed by atoms with E-state index in [1.165, 1.54) is 11.5 Å². The van der Waals surface area contributed by atoms with Crippen LogP contribution < -0.4 is 4.80 Å². The van der Waals surface area contributed by atoms with Gasteiger partial charge in [-0.25, -0.2) is 0 Å². The van der Waals surface area contributed by atoms with E-state index in [2.05, 4.69) is 25.3 Å². The van der Waals surface area contributed by atoms with Crippen molar-refractivity contribution in [1.82, 2.24) is 8.94 Å². The largest absolute Gasteiger partial charge is 0.279 e. The first-order valence-corrected chi connectivity index (χ1v) is 9.83. The Bertz CT molecular complexity index is 1130. The topological polar surface area (TPSA) is 47.2 Å². The minimum Gasteiger partial charge on any atom is -0.268 e. The molecule has 0 unspecified atom stereocenters. The van der Waals surface area contributed by atoms with E-state index in [-0.39, 0.29) is 5.91 Å². The van der Waals surface area contributed by atoms with E-state index in [0.29, 0.717) is 10.4 Å². The molecule has 0 saturated heterocycles. The second kappa shape index (κ2) is 7.82. The average molecular weight is 436 g/mol. The number of aromatic nitrogens is 2. The highest BCUT2D eigenvalue weighted by molar-refractivity contribution is 9.10. The highest BCUT2D eigenvalue weighted by Gasteiger charge is 2.13. The average Bonchev–Trinajstić information content (AvgIpc) is 3.13. The van der Waals surface area contributed by atoms with Crippen molar-refractivity contribution in [3.63, 3.8) is 0 Å². The molecule has 1 amide bonds. The molecule has 1 heterocycles. The first-order chi connectivity index (χ1) is 13.2. The number of benzene rings is 3. The lowest BCUT2D eigenvalue weighted by molar-refractivity contribution is 0.0998. The summed E-state index contributed by atoms with van der Waals surface area (Å²) in [7, 11) is 0. The molecule has 4 rings (SSSR count). The van der Waals surface area contributed by atoms with Gasteiger partial charge in [0.1, 0.15) is 0 Å². The number of nitrogens with zero attached hydrogens (tertiary/aromatic N) is 3. The highest BCUT2D eigenvalue weighted by Crippen LogP contribution is 2.21. The molecule has 27 heavy (non-hydrogen) atoms. The van der Waals surface area contributed by atoms with Crippen molar-refractivity contribution in [3.05, 3.63) is 99.8 Å². The van der Waals surface area contributed by atoms with Crippen LogP contribution in [0.3, 0.4) is 0 Å². The van der Waals surface area contributed by atoms with Gasteiger partial charge in [0.2, 0.25) is 4.80 Å². The van der Waals surface area contributed by atoms with Crippen molar-refractivity contribution >= 4 is 33.4 Å². The minimum absolute atomic E-state index is 0.287. The monoisotopic (exact) mass is 435 g/mol. The van der Waals surface area contributed by atoms with Gasteiger partial charge in [0.05, 0.1) is 5.69 Å². The number of carbonyl (C=O) groups excluding carboxylic acids is 1. The van der Waals surface area contributed by atoms with E-state index in [9.17, 15) is 4.79 Å². The zero-order valence-corrected chi connectivity index (χ0v) is 16.5. The Morgan fingerprint density at radius 1 is 0.889 bits per heavy atom. The van der Waals surface area contributed by atoms with Crippen molar-refractivity contribution in [1.29, 1.82) is 0 Å². The molecule has 6 heteroatoms. The summed E-state index contributed by atoms with van der Waals surface area (Å²) in [5.41, 5.74) is 2.41. The Morgan fingerprint density at radius 2 is 1.52 bits per heavy atom. The van der Waals surface area contributed by atoms with E-state index in [1.807, 2.05) is 77.4 Å². The van der Waals surface area contributed by atoms with Crippen molar-refractivity contribution in [2.45, 2.75) is 0 Å². The van der Waals surface area contributed by atoms with Gasteiger partial charge in [-0.05, 0) is 36.4 Å². The molecule has 1 aromatic heterocycles. The van der Waals surface area contributed by atoms with E-state index in [0.717, 1.165) is 21.5 Å². The van der Waals surface area contributed by atoms with Crippen LogP contribution in [0.25, 0.3) is 17.1 Å². The third kappa shape index (κ3) is 3.82. The number of amides is 1. The molecule has 0 atom stereocenters. The molecule has 4 aromatic rings. The Labute approximate surface area is 168 Å². The van der Waals surface area contributed by atoms with Gasteiger partial charge in [-0.2, -0.15) is 9.37 Å². The molecule has 132 valence electrons. The van der Waals surface area contributed by atoms with Crippen LogP contribution in [0.15, 0.2) is 94.4 Å². The lowest BCUT2D eigenvalue weighted by atomic mass is 10.2. The number of rotatable bonds is 3. The fourth-order valence-electron chi connectivity index (χ4n) is 2.65. The Hall–Kier alpha value is -2.83. The third-order valence-electron chi connectivity index (χ3n) is 3.95. The summed E-state index contributed by atoms with van der Waals surface area (Å²) in [4.78, 5) is 17.5. The molecule has 0 radical (unpaired) electrons. The standard InChI is InChI=1S/C21H14BrN3OS/c22-17-11-13-18(14-12-17)25-19(15-7-3-1-4-8-15)24-27-21(25)23-20(26)16-9-5-2-6-10-16/h1-14H. The summed E-state index contributed by atoms with van der Waals surface area (Å²) in [6, 6.07) is 26.8. The first-order valence-electron chi connectivity index (χ1n) is 8.26. The van der Waals surface area contributed by atoms with E-state index < -0.39 is 0 Å². The van der Waals surface area contributed by atoms with Crippen molar-refractivity contribution in [2.24, 2.45) is 4.99 Å². The van der Waals surface area contributed by atoms with Crippen LogP contribution in [0.4, 0.5) is 0 Å². The highest BCUT2D eigenvalue weighted by atomic mass is 79.9. The fourth-order valence-corrected chi connectivity index (χ4v) is 3.67. The second-order valence-electron chi connectivity index (χ2n) is 5.75. The van der Waals surface area contributed by atoms with Gasteiger partial charge in [0.25, 0.3) is 5.91 Å². The molecule has 3 aromatic carbocycles. The summed E-state index contributed by atoms with van der Waals surface area (Å²) >= 11 is 4.67. The summed E-state index contributed by atoms with van der Waals surface area (Å²) in [5.74, 6) is 0.465. The zero-order chi connectivity index (χ0) is 18.6. The Morgan fingerprint density at radius 3 is 2.19 bits per heavy atom. The lowest BCUT2D eigenvalue weighted by Gasteiger charge is -2.07. The minimum atomic E-state index is -0.287. The van der Waals surface area contributed by atoms with Crippen LogP contribution in [0, 0.1) is 0 Å². The van der Waals surface area contributed by atoms with Crippen molar-refractivity contribution in [3.8, 4) is 17.1 Å². The second-order valence-corrected chi connectivity index (χ2v) is 7.40. The van der Waals surface area contributed by atoms with E-state index in [1.54, 1.807) is 12.1 Å². The van der Waals surface area contributed by atoms with Gasteiger partial charge in [0.15, 0.2) is 5.82 Å². The van der Waals surface area contributed by atoms with Crippen LogP contribution in [0.5, 0.6) is 0 Å². The van der Waals surface area contributed by atoms with Crippen LogP contribution >= 0.6 is 27.5 Å². The van der Waals surface area contributed by atoms with Gasteiger partial charge in [-0.1, -0.05) is 64.5 Å². The van der Waals surface area contributed by atoms with Crippen molar-refractivity contribution < 1.29 is 4.79 Å². The molecule has 0 N–H and O–H groups in total. The molecule has 0 bridgehead atoms. The van der Waals surface area contributed by atoms with E-state index >= 15 is 0 Å². The maximum absolute atomic E-state index is 12.6. The maximum Gasteiger partial charge on any atom is 0.279 e. The zero-order valence-electron chi connectivity index (χ0n) is 14.1. The number of halogens is 1. The molecule has 0 aliphatic heterocycles. The third-order valence-corrected chi connectivity index (χ3v) is 5.18. The normalized spacial score (nSPS) is 11.5. The molecule has 0 aliphatic carbocycles. The van der Waals surface area contributed by atoms with Crippen LogP contribution in [-0.2, 0) is 0 Å². The van der Waals surface area contributed by atoms with Gasteiger partial charge in [-0.3, -0.25) is 9.36 Å². The van der Waals surface area contributed by atoms with Gasteiger partial charge >= 0.3 is 0 Å².